The van der Waals surface area contributed by atoms with E-state index in [-0.39, 0.29) is 0 Å². The van der Waals surface area contributed by atoms with E-state index in [4.69, 9.17) is 0 Å². The first-order valence-corrected chi connectivity index (χ1v) is 21.0. The Balaban J connectivity index is 1.07. The van der Waals surface area contributed by atoms with Gasteiger partial charge in [0.05, 0.1) is 33.1 Å². The Labute approximate surface area is 352 Å². The molecule has 3 heterocycles. The Morgan fingerprint density at radius 2 is 0.754 bits per heavy atom. The molecule has 3 heteroatoms. The van der Waals surface area contributed by atoms with Crippen molar-refractivity contribution in [3.63, 3.8) is 0 Å². The van der Waals surface area contributed by atoms with E-state index in [2.05, 4.69) is 238 Å². The van der Waals surface area contributed by atoms with E-state index in [1.165, 1.54) is 104 Å². The van der Waals surface area contributed by atoms with Crippen molar-refractivity contribution in [2.75, 3.05) is 0 Å². The minimum absolute atomic E-state index is 1.14. The normalized spacial score (nSPS) is 11.9. The molecule has 13 aromatic rings. The smallest absolute Gasteiger partial charge is 0.0641 e. The van der Waals surface area contributed by atoms with Crippen molar-refractivity contribution >= 4 is 76.2 Å². The summed E-state index contributed by atoms with van der Waals surface area (Å²) in [5.74, 6) is 0. The zero-order valence-electron chi connectivity index (χ0n) is 33.2. The summed E-state index contributed by atoms with van der Waals surface area (Å²) in [6, 6.07) is 82.3. The summed E-state index contributed by atoms with van der Waals surface area (Å²) in [6.45, 7) is 0. The molecule has 3 aromatic heterocycles. The fourth-order valence-corrected chi connectivity index (χ4v) is 10.1. The third kappa shape index (κ3) is 5.11. The lowest BCUT2D eigenvalue weighted by molar-refractivity contribution is 1.17. The van der Waals surface area contributed by atoms with Crippen LogP contribution in [0.5, 0.6) is 0 Å². The summed E-state index contributed by atoms with van der Waals surface area (Å²) in [5, 5.41) is 9.94. The van der Waals surface area contributed by atoms with Crippen LogP contribution in [0.2, 0.25) is 0 Å². The predicted molar refractivity (Wildman–Crippen MR) is 258 cm³/mol. The maximum Gasteiger partial charge on any atom is 0.0641 e. The first-order valence-electron chi connectivity index (χ1n) is 21.0. The van der Waals surface area contributed by atoms with E-state index in [9.17, 15) is 0 Å². The number of hydrogen-bond acceptors (Lipinski definition) is 0. The first kappa shape index (κ1) is 33.8. The van der Waals surface area contributed by atoms with Crippen molar-refractivity contribution in [1.29, 1.82) is 0 Å². The molecule has 61 heavy (non-hydrogen) atoms. The van der Waals surface area contributed by atoms with E-state index < -0.39 is 0 Å². The molecule has 0 unspecified atom stereocenters. The third-order valence-corrected chi connectivity index (χ3v) is 12.8. The maximum absolute atomic E-state index is 2.51. The van der Waals surface area contributed by atoms with Gasteiger partial charge in [0.25, 0.3) is 0 Å². The summed E-state index contributed by atoms with van der Waals surface area (Å²) in [7, 11) is 0. The van der Waals surface area contributed by atoms with E-state index in [0.29, 0.717) is 0 Å². The fourth-order valence-electron chi connectivity index (χ4n) is 10.1. The van der Waals surface area contributed by atoms with Crippen molar-refractivity contribution in [2.24, 2.45) is 0 Å². The van der Waals surface area contributed by atoms with Crippen molar-refractivity contribution in [3.8, 4) is 39.3 Å². The van der Waals surface area contributed by atoms with Crippen LogP contribution in [0.3, 0.4) is 0 Å². The molecule has 0 aliphatic carbocycles. The number of aromatic nitrogens is 3. The molecule has 0 atom stereocenters. The predicted octanol–water partition coefficient (Wildman–Crippen LogP) is 15.5. The number of rotatable bonds is 5. The van der Waals surface area contributed by atoms with Crippen LogP contribution in [0.1, 0.15) is 0 Å². The Bertz CT molecular complexity index is 3860. The van der Waals surface area contributed by atoms with Crippen molar-refractivity contribution in [1.82, 2.24) is 13.7 Å². The summed E-state index contributed by atoms with van der Waals surface area (Å²) in [4.78, 5) is 0. The second-order valence-electron chi connectivity index (χ2n) is 16.1. The average molecular weight is 776 g/mol. The molecule has 3 nitrogen and oxygen atoms in total. The van der Waals surface area contributed by atoms with Gasteiger partial charge in [0.1, 0.15) is 0 Å². The van der Waals surface area contributed by atoms with Crippen LogP contribution in [0.15, 0.2) is 224 Å². The van der Waals surface area contributed by atoms with Crippen molar-refractivity contribution < 1.29 is 0 Å². The molecule has 0 amide bonds. The van der Waals surface area contributed by atoms with E-state index in [1.807, 2.05) is 0 Å². The molecule has 0 aliphatic rings. The summed E-state index contributed by atoms with van der Waals surface area (Å²) in [6.07, 6.45) is 0. The van der Waals surface area contributed by atoms with Crippen molar-refractivity contribution in [2.45, 2.75) is 0 Å². The van der Waals surface area contributed by atoms with Gasteiger partial charge in [-0.15, -0.1) is 0 Å². The SMILES string of the molecule is c1ccc(-c2cccc(-n3c4ccc(-c5ccc6c(c5)c5ccccc5n6-c5ccc6ccccc6c5)cc4c4ccc5c(c6ccccc6n5-c5ccccc5)c43)c2)cc1. The number of fused-ring (bicyclic) bond motifs is 11. The van der Waals surface area contributed by atoms with Crippen molar-refractivity contribution in [3.05, 3.63) is 224 Å². The number of hydrogen-bond donors (Lipinski definition) is 0. The second-order valence-corrected chi connectivity index (χ2v) is 16.1. The summed E-state index contributed by atoms with van der Waals surface area (Å²) in [5.41, 5.74) is 15.5. The first-order chi connectivity index (χ1) is 30.3. The quantitative estimate of drug-likeness (QED) is 0.165. The molecule has 0 saturated heterocycles. The lowest BCUT2D eigenvalue weighted by Crippen LogP contribution is -1.96. The molecule has 0 spiro atoms. The highest BCUT2D eigenvalue weighted by molar-refractivity contribution is 6.26. The molecule has 10 aromatic carbocycles. The highest BCUT2D eigenvalue weighted by Gasteiger charge is 2.22. The zero-order chi connectivity index (χ0) is 40.0. The molecule has 0 fully saturated rings. The van der Waals surface area contributed by atoms with Crippen LogP contribution >= 0.6 is 0 Å². The second kappa shape index (κ2) is 13.2. The van der Waals surface area contributed by atoms with Crippen LogP contribution < -0.4 is 0 Å². The van der Waals surface area contributed by atoms with Gasteiger partial charge in [-0.1, -0.05) is 146 Å². The molecule has 13 rings (SSSR count). The molecule has 284 valence electrons. The topological polar surface area (TPSA) is 14.8 Å². The Hall–Kier alpha value is -8.14. The number of para-hydroxylation sites is 3. The Kier molecular flexibility index (Phi) is 7.31. The van der Waals surface area contributed by atoms with Gasteiger partial charge in [-0.25, -0.2) is 0 Å². The van der Waals surface area contributed by atoms with Gasteiger partial charge in [0.2, 0.25) is 0 Å². The van der Waals surface area contributed by atoms with Gasteiger partial charge >= 0.3 is 0 Å². The van der Waals surface area contributed by atoms with Gasteiger partial charge in [0.15, 0.2) is 0 Å². The molecule has 0 N–H and O–H groups in total. The lowest BCUT2D eigenvalue weighted by Gasteiger charge is -2.12. The average Bonchev–Trinajstić information content (AvgIpc) is 3.97. The minimum Gasteiger partial charge on any atom is -0.309 e. The van der Waals surface area contributed by atoms with E-state index >= 15 is 0 Å². The van der Waals surface area contributed by atoms with Crippen LogP contribution in [-0.2, 0) is 0 Å². The number of benzene rings is 10. The molecule has 0 bridgehead atoms. The van der Waals surface area contributed by atoms with Crippen LogP contribution in [0.25, 0.3) is 116 Å². The van der Waals surface area contributed by atoms with Gasteiger partial charge in [0, 0.05) is 49.4 Å². The molecular formula is C58H37N3. The highest BCUT2D eigenvalue weighted by atomic mass is 15.0. The molecule has 0 saturated carbocycles. The monoisotopic (exact) mass is 775 g/mol. The van der Waals surface area contributed by atoms with Gasteiger partial charge in [-0.2, -0.15) is 0 Å². The largest absolute Gasteiger partial charge is 0.309 e. The highest BCUT2D eigenvalue weighted by Crippen LogP contribution is 2.44. The fraction of sp³-hybridized carbons (Fsp3) is 0. The zero-order valence-corrected chi connectivity index (χ0v) is 33.2. The van der Waals surface area contributed by atoms with Crippen LogP contribution in [0.4, 0.5) is 0 Å². The lowest BCUT2D eigenvalue weighted by atomic mass is 10.00. The molecule has 0 radical (unpaired) electrons. The van der Waals surface area contributed by atoms with Gasteiger partial charge in [-0.05, 0) is 112 Å². The van der Waals surface area contributed by atoms with E-state index in [1.54, 1.807) is 0 Å². The number of nitrogens with zero attached hydrogens (tertiary/aromatic N) is 3. The minimum atomic E-state index is 1.14. The summed E-state index contributed by atoms with van der Waals surface area (Å²) >= 11 is 0. The summed E-state index contributed by atoms with van der Waals surface area (Å²) < 4.78 is 7.34. The standard InChI is InChI=1S/C58H37N3/c1-3-14-38(15-4-1)41-18-13-21-45(34-41)61-55-32-28-43(37-51(55)48-30-33-56-57(58(48)61)49-23-10-12-25-53(49)59(56)44-19-5-2-6-20-44)42-27-31-54-50(36-42)47-22-9-11-24-52(47)60(54)46-29-26-39-16-7-8-17-40(39)35-46/h1-37H. The van der Waals surface area contributed by atoms with Gasteiger partial charge in [-0.3, -0.25) is 0 Å². The van der Waals surface area contributed by atoms with Crippen LogP contribution in [-0.4, -0.2) is 13.7 Å². The Morgan fingerprint density at radius 3 is 1.54 bits per heavy atom. The van der Waals surface area contributed by atoms with E-state index in [0.717, 1.165) is 11.4 Å². The third-order valence-electron chi connectivity index (χ3n) is 12.8. The van der Waals surface area contributed by atoms with Crippen LogP contribution in [0, 0.1) is 0 Å². The maximum atomic E-state index is 2.51. The molecule has 0 aliphatic heterocycles. The van der Waals surface area contributed by atoms with Gasteiger partial charge < -0.3 is 13.7 Å². The Morgan fingerprint density at radius 1 is 0.230 bits per heavy atom. The molecular weight excluding hydrogens is 739 g/mol.